The topological polar surface area (TPSA) is 26.7 Å². The van der Waals surface area contributed by atoms with Crippen molar-refractivity contribution in [1.82, 2.24) is 4.90 Å². The van der Waals surface area contributed by atoms with E-state index in [1.165, 1.54) is 17.7 Å². The van der Waals surface area contributed by atoms with Crippen molar-refractivity contribution < 1.29 is 5.11 Å². The van der Waals surface area contributed by atoms with Crippen molar-refractivity contribution >= 4 is 5.69 Å². The molecule has 1 aromatic carbocycles. The molecule has 0 bridgehead atoms. The summed E-state index contributed by atoms with van der Waals surface area (Å²) in [6, 6.07) is 8.79. The molecule has 3 nitrogen and oxygen atoms in total. The Morgan fingerprint density at radius 1 is 1.40 bits per heavy atom. The van der Waals surface area contributed by atoms with Gasteiger partial charge < -0.3 is 10.0 Å². The Labute approximate surface area is 121 Å². The first-order chi connectivity index (χ1) is 9.60. The Hall–Kier alpha value is -1.32. The molecule has 0 aromatic heterocycles. The quantitative estimate of drug-likeness (QED) is 0.856. The maximum absolute atomic E-state index is 9.26. The largest absolute Gasteiger partial charge is 0.392 e. The maximum atomic E-state index is 9.26. The molecule has 0 spiro atoms. The molecule has 1 N–H and O–H groups in total. The van der Waals surface area contributed by atoms with Crippen LogP contribution in [0.5, 0.6) is 0 Å². The number of likely N-dealkylation sites (N-methyl/N-ethyl adjacent to an activating group) is 2. The van der Waals surface area contributed by atoms with Gasteiger partial charge in [-0.2, -0.15) is 0 Å². The van der Waals surface area contributed by atoms with Gasteiger partial charge in [-0.3, -0.25) is 4.90 Å². The third kappa shape index (κ3) is 1.80. The Bertz CT molecular complexity index is 540. The second kappa shape index (κ2) is 4.90. The van der Waals surface area contributed by atoms with E-state index in [-0.39, 0.29) is 12.0 Å². The highest BCUT2D eigenvalue weighted by Crippen LogP contribution is 2.53. The molecule has 2 heterocycles. The van der Waals surface area contributed by atoms with Crippen molar-refractivity contribution in [3.63, 3.8) is 0 Å². The average molecular weight is 272 g/mol. The fourth-order valence-electron chi connectivity index (χ4n) is 4.06. The molecule has 0 amide bonds. The zero-order chi connectivity index (χ0) is 14.3. The highest BCUT2D eigenvalue weighted by Gasteiger charge is 2.54. The van der Waals surface area contributed by atoms with Crippen LogP contribution in [0.1, 0.15) is 25.3 Å². The van der Waals surface area contributed by atoms with Gasteiger partial charge >= 0.3 is 0 Å². The molecule has 0 aliphatic carbocycles. The Morgan fingerprint density at radius 2 is 2.15 bits per heavy atom. The lowest BCUT2D eigenvalue weighted by Gasteiger charge is -2.34. The van der Waals surface area contributed by atoms with E-state index in [1.54, 1.807) is 0 Å². The second-order valence-electron chi connectivity index (χ2n) is 6.30. The van der Waals surface area contributed by atoms with Gasteiger partial charge in [0.05, 0.1) is 12.8 Å². The van der Waals surface area contributed by atoms with Gasteiger partial charge in [0.1, 0.15) is 0 Å². The minimum atomic E-state index is 0.161. The summed E-state index contributed by atoms with van der Waals surface area (Å²) in [5, 5.41) is 9.26. The summed E-state index contributed by atoms with van der Waals surface area (Å²) in [6.45, 7) is 3.30. The lowest BCUT2D eigenvalue weighted by atomic mass is 9.76. The summed E-state index contributed by atoms with van der Waals surface area (Å²) in [5.74, 6) is 0. The van der Waals surface area contributed by atoms with Crippen molar-refractivity contribution in [2.75, 3.05) is 32.1 Å². The molecule has 1 unspecified atom stereocenters. The number of hydrogen-bond acceptors (Lipinski definition) is 3. The predicted molar refractivity (Wildman–Crippen MR) is 83.0 cm³/mol. The van der Waals surface area contributed by atoms with E-state index in [1.807, 2.05) is 6.92 Å². The van der Waals surface area contributed by atoms with E-state index in [4.69, 9.17) is 0 Å². The molecular weight excluding hydrogens is 248 g/mol. The Balaban J connectivity index is 2.06. The second-order valence-corrected chi connectivity index (χ2v) is 6.30. The molecule has 2 aliphatic rings. The third-order valence-electron chi connectivity index (χ3n) is 5.07. The number of hydrogen-bond donors (Lipinski definition) is 1. The van der Waals surface area contributed by atoms with Crippen molar-refractivity contribution in [2.24, 2.45) is 0 Å². The zero-order valence-electron chi connectivity index (χ0n) is 12.6. The van der Waals surface area contributed by atoms with E-state index >= 15 is 0 Å². The summed E-state index contributed by atoms with van der Waals surface area (Å²) in [7, 11) is 4.42. The number of fused-ring (bicyclic) bond motifs is 3. The first-order valence-electron chi connectivity index (χ1n) is 7.39. The van der Waals surface area contributed by atoms with Crippen molar-refractivity contribution in [3.8, 4) is 0 Å². The fourth-order valence-corrected chi connectivity index (χ4v) is 4.06. The smallest absolute Gasteiger partial charge is 0.0917 e. The van der Waals surface area contributed by atoms with Crippen LogP contribution in [0, 0.1) is 0 Å². The van der Waals surface area contributed by atoms with Crippen LogP contribution in [-0.4, -0.2) is 43.4 Å². The monoisotopic (exact) mass is 272 g/mol. The molecule has 3 rings (SSSR count). The number of likely N-dealkylation sites (tertiary alicyclic amines) is 1. The van der Waals surface area contributed by atoms with E-state index in [0.717, 1.165) is 18.5 Å². The molecule has 20 heavy (non-hydrogen) atoms. The molecule has 0 radical (unpaired) electrons. The molecule has 1 saturated heterocycles. The van der Waals surface area contributed by atoms with Crippen LogP contribution in [0.4, 0.5) is 5.69 Å². The summed E-state index contributed by atoms with van der Waals surface area (Å²) in [4.78, 5) is 4.88. The van der Waals surface area contributed by atoms with Crippen LogP contribution in [0.25, 0.3) is 0 Å². The molecule has 2 atom stereocenters. The van der Waals surface area contributed by atoms with Crippen LogP contribution in [-0.2, 0) is 5.41 Å². The van der Waals surface area contributed by atoms with E-state index in [9.17, 15) is 5.11 Å². The van der Waals surface area contributed by atoms with E-state index < -0.39 is 0 Å². The van der Waals surface area contributed by atoms with Crippen molar-refractivity contribution in [1.29, 1.82) is 0 Å². The van der Waals surface area contributed by atoms with Gasteiger partial charge in [-0.25, -0.2) is 0 Å². The van der Waals surface area contributed by atoms with Gasteiger partial charge in [-0.05, 0) is 38.4 Å². The summed E-state index contributed by atoms with van der Waals surface area (Å²) >= 11 is 0. The number of anilines is 1. The highest BCUT2D eigenvalue weighted by molar-refractivity contribution is 5.64. The number of nitrogens with zero attached hydrogens (tertiary/aromatic N) is 2. The molecule has 108 valence electrons. The summed E-state index contributed by atoms with van der Waals surface area (Å²) in [6.07, 6.45) is 4.85. The van der Waals surface area contributed by atoms with Crippen LogP contribution < -0.4 is 4.90 Å². The minimum absolute atomic E-state index is 0.161. The van der Waals surface area contributed by atoms with E-state index in [2.05, 4.69) is 54.2 Å². The van der Waals surface area contributed by atoms with Crippen LogP contribution >= 0.6 is 0 Å². The number of aliphatic hydroxyl groups excluding tert-OH is 1. The number of aliphatic hydroxyl groups is 1. The third-order valence-corrected chi connectivity index (χ3v) is 5.07. The summed E-state index contributed by atoms with van der Waals surface area (Å²) < 4.78 is 0. The zero-order valence-corrected chi connectivity index (χ0v) is 12.6. The van der Waals surface area contributed by atoms with Gasteiger partial charge in [-0.1, -0.05) is 29.8 Å². The van der Waals surface area contributed by atoms with Crippen molar-refractivity contribution in [3.05, 3.63) is 41.5 Å². The number of allylic oxidation sites excluding steroid dienone is 1. The Kier molecular flexibility index (Phi) is 3.35. The molecule has 0 saturated carbocycles. The molecular formula is C17H24N2O. The number of benzene rings is 1. The van der Waals surface area contributed by atoms with Crippen molar-refractivity contribution in [2.45, 2.75) is 31.3 Å². The molecule has 1 aromatic rings. The average Bonchev–Trinajstić information content (AvgIpc) is 2.93. The fraction of sp³-hybridized carbons (Fsp3) is 0.529. The van der Waals surface area contributed by atoms with Crippen LogP contribution in [0.2, 0.25) is 0 Å². The SMILES string of the molecule is C/C(=C\C[C@@]12CCN(C)C1N(C)c1ccccc12)CO. The Morgan fingerprint density at radius 3 is 2.90 bits per heavy atom. The first-order valence-corrected chi connectivity index (χ1v) is 7.39. The van der Waals surface area contributed by atoms with Crippen LogP contribution in [0.15, 0.2) is 35.9 Å². The van der Waals surface area contributed by atoms with Gasteiger partial charge in [0.15, 0.2) is 0 Å². The number of para-hydroxylation sites is 1. The standard InChI is InChI=1S/C17H24N2O/c1-13(12-20)8-9-17-10-11-18(2)16(17)19(3)15-7-5-4-6-14(15)17/h4-8,16,20H,9-12H2,1-3H3/b13-8+/t16?,17-/m0/s1. The lowest BCUT2D eigenvalue weighted by molar-refractivity contribution is 0.257. The normalized spacial score (nSPS) is 29.7. The van der Waals surface area contributed by atoms with Crippen LogP contribution in [0.3, 0.4) is 0 Å². The number of rotatable bonds is 3. The first kappa shape index (κ1) is 13.7. The molecule has 3 heteroatoms. The van der Waals surface area contributed by atoms with Gasteiger partial charge in [0.2, 0.25) is 0 Å². The van der Waals surface area contributed by atoms with Gasteiger partial charge in [-0.15, -0.1) is 0 Å². The van der Waals surface area contributed by atoms with E-state index in [0.29, 0.717) is 6.17 Å². The predicted octanol–water partition coefficient (Wildman–Crippen LogP) is 2.36. The summed E-state index contributed by atoms with van der Waals surface area (Å²) in [5.41, 5.74) is 4.08. The van der Waals surface area contributed by atoms with Gasteiger partial charge in [0.25, 0.3) is 0 Å². The maximum Gasteiger partial charge on any atom is 0.0917 e. The molecule has 2 aliphatic heterocycles. The van der Waals surface area contributed by atoms with Gasteiger partial charge in [0, 0.05) is 24.7 Å². The minimum Gasteiger partial charge on any atom is -0.392 e. The lowest BCUT2D eigenvalue weighted by Crippen LogP contribution is -2.46. The molecule has 1 fully saturated rings. The highest BCUT2D eigenvalue weighted by atomic mass is 16.3.